The highest BCUT2D eigenvalue weighted by molar-refractivity contribution is 6.07. The number of anilines is 3. The summed E-state index contributed by atoms with van der Waals surface area (Å²) in [6.07, 6.45) is 3.60. The van der Waals surface area contributed by atoms with Crippen molar-refractivity contribution in [2.75, 3.05) is 17.2 Å². The van der Waals surface area contributed by atoms with Gasteiger partial charge in [0.1, 0.15) is 11.4 Å². The normalized spacial score (nSPS) is 11.8. The van der Waals surface area contributed by atoms with Gasteiger partial charge in [0, 0.05) is 31.1 Å². The van der Waals surface area contributed by atoms with Gasteiger partial charge < -0.3 is 20.3 Å². The first-order valence-corrected chi connectivity index (χ1v) is 11.1. The number of fused-ring (bicyclic) bond motifs is 3. The van der Waals surface area contributed by atoms with Gasteiger partial charge in [0.05, 0.1) is 33.7 Å². The maximum Gasteiger partial charge on any atom is 0.341 e. The van der Waals surface area contributed by atoms with E-state index < -0.39 is 22.8 Å². The molecule has 0 saturated heterocycles. The van der Waals surface area contributed by atoms with Crippen LogP contribution in [0.4, 0.5) is 21.5 Å². The maximum atomic E-state index is 15.4. The summed E-state index contributed by atoms with van der Waals surface area (Å²) >= 11 is 0. The van der Waals surface area contributed by atoms with Gasteiger partial charge in [-0.05, 0) is 41.1 Å². The van der Waals surface area contributed by atoms with E-state index in [1.807, 2.05) is 54.6 Å². The smallest absolute Gasteiger partial charge is 0.341 e. The SMILES string of the molecule is O=C(O)c1cn2c3c(c(NCCc4ccccn4)c(F)cc3c1=O)Nc1cc3ccccc3cc1-2. The molecule has 5 aromatic rings. The summed E-state index contributed by atoms with van der Waals surface area (Å²) in [6.45, 7) is 0.413. The molecule has 0 fully saturated rings. The summed E-state index contributed by atoms with van der Waals surface area (Å²) in [4.78, 5) is 29.1. The molecular formula is C27H19FN4O3. The van der Waals surface area contributed by atoms with Crippen LogP contribution < -0.4 is 16.1 Å². The number of nitrogens with one attached hydrogen (secondary N) is 2. The van der Waals surface area contributed by atoms with Crippen LogP contribution in [-0.4, -0.2) is 27.2 Å². The Morgan fingerprint density at radius 3 is 2.60 bits per heavy atom. The van der Waals surface area contributed by atoms with Crippen LogP contribution in [0.25, 0.3) is 27.4 Å². The summed E-state index contributed by atoms with van der Waals surface area (Å²) in [5, 5.41) is 18.0. The first-order valence-electron chi connectivity index (χ1n) is 11.1. The molecule has 7 nitrogen and oxygen atoms in total. The molecule has 1 aliphatic rings. The van der Waals surface area contributed by atoms with Crippen molar-refractivity contribution in [1.82, 2.24) is 9.55 Å². The van der Waals surface area contributed by atoms with Crippen LogP contribution in [0.3, 0.4) is 0 Å². The molecule has 8 heteroatoms. The topological polar surface area (TPSA) is 96.2 Å². The van der Waals surface area contributed by atoms with E-state index in [2.05, 4.69) is 15.6 Å². The molecule has 0 unspecified atom stereocenters. The molecule has 0 saturated carbocycles. The lowest BCUT2D eigenvalue weighted by Gasteiger charge is -2.27. The van der Waals surface area contributed by atoms with Gasteiger partial charge in [-0.1, -0.05) is 30.3 Å². The minimum Gasteiger partial charge on any atom is -0.477 e. The van der Waals surface area contributed by atoms with E-state index in [-0.39, 0.29) is 11.1 Å². The zero-order chi connectivity index (χ0) is 24.1. The molecule has 0 radical (unpaired) electrons. The monoisotopic (exact) mass is 466 g/mol. The molecule has 6 rings (SSSR count). The summed E-state index contributed by atoms with van der Waals surface area (Å²) in [6, 6.07) is 18.4. The number of hydrogen-bond donors (Lipinski definition) is 3. The van der Waals surface area contributed by atoms with Gasteiger partial charge in [-0.15, -0.1) is 0 Å². The first-order chi connectivity index (χ1) is 17.0. The maximum absolute atomic E-state index is 15.4. The third kappa shape index (κ3) is 3.38. The van der Waals surface area contributed by atoms with E-state index in [1.54, 1.807) is 10.8 Å². The molecule has 3 aromatic carbocycles. The van der Waals surface area contributed by atoms with E-state index in [0.717, 1.165) is 22.5 Å². The van der Waals surface area contributed by atoms with Crippen LogP contribution in [0.1, 0.15) is 16.1 Å². The molecular weight excluding hydrogens is 447 g/mol. The molecule has 35 heavy (non-hydrogen) atoms. The molecule has 2 aromatic heterocycles. The van der Waals surface area contributed by atoms with Crippen molar-refractivity contribution >= 4 is 44.7 Å². The molecule has 0 spiro atoms. The van der Waals surface area contributed by atoms with Crippen molar-refractivity contribution in [2.45, 2.75) is 6.42 Å². The fourth-order valence-electron chi connectivity index (χ4n) is 4.62. The highest BCUT2D eigenvalue weighted by atomic mass is 19.1. The second-order valence-electron chi connectivity index (χ2n) is 8.39. The van der Waals surface area contributed by atoms with Crippen molar-refractivity contribution in [3.8, 4) is 5.69 Å². The number of aromatic nitrogens is 2. The molecule has 0 bridgehead atoms. The minimum absolute atomic E-state index is 0.000940. The average Bonchev–Trinajstić information content (AvgIpc) is 2.86. The number of aromatic carboxylic acids is 1. The van der Waals surface area contributed by atoms with Crippen LogP contribution in [0.2, 0.25) is 0 Å². The van der Waals surface area contributed by atoms with Gasteiger partial charge in [-0.25, -0.2) is 9.18 Å². The van der Waals surface area contributed by atoms with Crippen LogP contribution in [-0.2, 0) is 6.42 Å². The number of rotatable bonds is 5. The number of pyridine rings is 2. The Labute approximate surface area is 198 Å². The predicted molar refractivity (Wildman–Crippen MR) is 134 cm³/mol. The first kappa shape index (κ1) is 20.9. The number of carbonyl (C=O) groups is 1. The van der Waals surface area contributed by atoms with Gasteiger partial charge in [0.25, 0.3) is 0 Å². The number of benzene rings is 3. The van der Waals surface area contributed by atoms with Gasteiger partial charge in [0.15, 0.2) is 0 Å². The molecule has 172 valence electrons. The summed E-state index contributed by atoms with van der Waals surface area (Å²) < 4.78 is 17.0. The van der Waals surface area contributed by atoms with Crippen LogP contribution >= 0.6 is 0 Å². The van der Waals surface area contributed by atoms with Gasteiger partial charge in [-0.3, -0.25) is 9.78 Å². The van der Waals surface area contributed by atoms with Crippen molar-refractivity contribution in [3.05, 3.63) is 100 Å². The molecule has 1 aliphatic heterocycles. The van der Waals surface area contributed by atoms with E-state index >= 15 is 4.39 Å². The predicted octanol–water partition coefficient (Wildman–Crippen LogP) is 5.09. The van der Waals surface area contributed by atoms with Gasteiger partial charge in [-0.2, -0.15) is 0 Å². The van der Waals surface area contributed by atoms with Crippen molar-refractivity contribution in [2.24, 2.45) is 0 Å². The third-order valence-electron chi connectivity index (χ3n) is 6.26. The van der Waals surface area contributed by atoms with Gasteiger partial charge >= 0.3 is 5.97 Å². The van der Waals surface area contributed by atoms with Crippen molar-refractivity contribution in [1.29, 1.82) is 0 Å². The molecule has 0 amide bonds. The Balaban J connectivity index is 1.57. The standard InChI is InChI=1S/C27H19FN4O3/c28-20-13-18-25-24(23(20)30-10-8-17-7-3-4-9-29-17)31-21-11-15-5-1-2-6-16(15)12-22(21)32(25)14-19(26(18)33)27(34)35/h1-7,9,11-14,30-31H,8,10H2,(H,34,35). The lowest BCUT2D eigenvalue weighted by Crippen LogP contribution is -2.22. The van der Waals surface area contributed by atoms with E-state index in [9.17, 15) is 14.7 Å². The Kier molecular flexibility index (Phi) is 4.74. The van der Waals surface area contributed by atoms with Crippen molar-refractivity contribution < 1.29 is 14.3 Å². The Bertz CT molecular complexity index is 1710. The van der Waals surface area contributed by atoms with Crippen LogP contribution in [0, 0.1) is 5.82 Å². The summed E-state index contributed by atoms with van der Waals surface area (Å²) in [5.74, 6) is -2.00. The quantitative estimate of drug-likeness (QED) is 0.328. The van der Waals surface area contributed by atoms with Crippen LogP contribution in [0.15, 0.2) is 77.9 Å². The zero-order valence-electron chi connectivity index (χ0n) is 18.4. The summed E-state index contributed by atoms with van der Waals surface area (Å²) in [7, 11) is 0. The molecule has 3 N–H and O–H groups in total. The van der Waals surface area contributed by atoms with Gasteiger partial charge in [0.2, 0.25) is 5.43 Å². The lowest BCUT2D eigenvalue weighted by molar-refractivity contribution is 0.0695. The van der Waals surface area contributed by atoms with E-state index in [4.69, 9.17) is 0 Å². The lowest BCUT2D eigenvalue weighted by atomic mass is 10.0. The molecule has 0 atom stereocenters. The fraction of sp³-hybridized carbons (Fsp3) is 0.0741. The highest BCUT2D eigenvalue weighted by Gasteiger charge is 2.27. The number of carboxylic acids is 1. The van der Waals surface area contributed by atoms with Crippen molar-refractivity contribution in [3.63, 3.8) is 0 Å². The third-order valence-corrected chi connectivity index (χ3v) is 6.26. The Hall–Kier alpha value is -4.72. The second-order valence-corrected chi connectivity index (χ2v) is 8.39. The summed E-state index contributed by atoms with van der Waals surface area (Å²) in [5.41, 5.74) is 2.09. The molecule has 0 aliphatic carbocycles. The van der Waals surface area contributed by atoms with Crippen LogP contribution in [0.5, 0.6) is 0 Å². The minimum atomic E-state index is -1.36. The molecule has 3 heterocycles. The largest absolute Gasteiger partial charge is 0.477 e. The average molecular weight is 466 g/mol. The number of nitrogens with zero attached hydrogens (tertiary/aromatic N) is 2. The number of hydrogen-bond acceptors (Lipinski definition) is 5. The Morgan fingerprint density at radius 1 is 1.09 bits per heavy atom. The fourth-order valence-corrected chi connectivity index (χ4v) is 4.62. The zero-order valence-corrected chi connectivity index (χ0v) is 18.4. The second kappa shape index (κ2) is 7.95. The van der Waals surface area contributed by atoms with E-state index in [0.29, 0.717) is 35.5 Å². The number of carboxylic acid groups (broad SMARTS) is 1. The Morgan fingerprint density at radius 2 is 1.86 bits per heavy atom. The number of halogens is 1. The highest BCUT2D eigenvalue weighted by Crippen LogP contribution is 2.43. The van der Waals surface area contributed by atoms with E-state index in [1.165, 1.54) is 6.20 Å².